The predicted octanol–water partition coefficient (Wildman–Crippen LogP) is 1.06. The molecule has 0 radical (unpaired) electrons. The molecule has 0 fully saturated rings. The van der Waals surface area contributed by atoms with Crippen LogP contribution in [0.15, 0.2) is 0 Å². The summed E-state index contributed by atoms with van der Waals surface area (Å²) in [6.07, 6.45) is 0.280. The number of ether oxygens (including phenoxy) is 2. The van der Waals surface area contributed by atoms with Gasteiger partial charge in [-0.15, -0.1) is 0 Å². The van der Waals surface area contributed by atoms with Crippen molar-refractivity contribution in [3.05, 3.63) is 0 Å². The van der Waals surface area contributed by atoms with Gasteiger partial charge in [0.25, 0.3) is 0 Å². The van der Waals surface area contributed by atoms with Crippen LogP contribution in [0.4, 0.5) is 0 Å². The molecule has 0 amide bonds. The second-order valence-electron chi connectivity index (χ2n) is 3.16. The zero-order valence-electron chi connectivity index (χ0n) is 8.25. The molecule has 3 heteroatoms. The van der Waals surface area contributed by atoms with Gasteiger partial charge in [-0.25, -0.2) is 0 Å². The van der Waals surface area contributed by atoms with Gasteiger partial charge in [0.05, 0.1) is 32.5 Å². The van der Waals surface area contributed by atoms with Gasteiger partial charge in [0, 0.05) is 0 Å². The Morgan fingerprint density at radius 2 is 1.75 bits per heavy atom. The first kappa shape index (κ1) is 11.9. The van der Waals surface area contributed by atoms with E-state index in [2.05, 4.69) is 20.8 Å². The van der Waals surface area contributed by atoms with Crippen LogP contribution in [0.5, 0.6) is 0 Å². The van der Waals surface area contributed by atoms with Gasteiger partial charge < -0.3 is 14.6 Å². The third-order valence-corrected chi connectivity index (χ3v) is 1.78. The first-order valence-corrected chi connectivity index (χ1v) is 4.48. The van der Waals surface area contributed by atoms with Crippen LogP contribution >= 0.6 is 0 Å². The zero-order valence-corrected chi connectivity index (χ0v) is 8.25. The number of hydrogen-bond donors (Lipinski definition) is 1. The monoisotopic (exact) mass is 176 g/mol. The summed E-state index contributed by atoms with van der Waals surface area (Å²) in [4.78, 5) is 0. The van der Waals surface area contributed by atoms with Gasteiger partial charge >= 0.3 is 0 Å². The van der Waals surface area contributed by atoms with Gasteiger partial charge in [0.15, 0.2) is 0 Å². The highest BCUT2D eigenvalue weighted by Crippen LogP contribution is 2.04. The van der Waals surface area contributed by atoms with E-state index in [1.54, 1.807) is 0 Å². The van der Waals surface area contributed by atoms with Crippen LogP contribution in [-0.4, -0.2) is 37.6 Å². The molecular formula is C9H20O3. The van der Waals surface area contributed by atoms with E-state index in [0.29, 0.717) is 25.7 Å². The van der Waals surface area contributed by atoms with Crippen molar-refractivity contribution in [2.45, 2.75) is 26.9 Å². The Morgan fingerprint density at radius 1 is 1.08 bits per heavy atom. The molecule has 0 bridgehead atoms. The molecule has 0 saturated heterocycles. The molecule has 0 aliphatic carbocycles. The highest BCUT2D eigenvalue weighted by atomic mass is 16.5. The topological polar surface area (TPSA) is 38.7 Å². The summed E-state index contributed by atoms with van der Waals surface area (Å²) in [5.41, 5.74) is 0. The minimum atomic E-state index is 0.0831. The van der Waals surface area contributed by atoms with Crippen LogP contribution in [0.25, 0.3) is 0 Å². The van der Waals surface area contributed by atoms with Crippen LogP contribution in [-0.2, 0) is 9.47 Å². The molecule has 0 aromatic rings. The van der Waals surface area contributed by atoms with Crippen LogP contribution in [0.1, 0.15) is 20.8 Å². The van der Waals surface area contributed by atoms with E-state index in [9.17, 15) is 0 Å². The van der Waals surface area contributed by atoms with Crippen molar-refractivity contribution in [1.82, 2.24) is 0 Å². The fraction of sp³-hybridized carbons (Fsp3) is 1.00. The summed E-state index contributed by atoms with van der Waals surface area (Å²) < 4.78 is 10.5. The lowest BCUT2D eigenvalue weighted by Gasteiger charge is -2.16. The first-order chi connectivity index (χ1) is 5.68. The minimum Gasteiger partial charge on any atom is -0.394 e. The molecular weight excluding hydrogens is 156 g/mol. The summed E-state index contributed by atoms with van der Waals surface area (Å²) >= 11 is 0. The summed E-state index contributed by atoms with van der Waals surface area (Å²) in [5, 5.41) is 8.40. The molecule has 0 aliphatic rings. The number of aliphatic hydroxyl groups excluding tert-OH is 1. The lowest BCUT2D eigenvalue weighted by Crippen LogP contribution is -2.18. The van der Waals surface area contributed by atoms with E-state index in [4.69, 9.17) is 14.6 Å². The van der Waals surface area contributed by atoms with Crippen molar-refractivity contribution < 1.29 is 14.6 Å². The molecule has 1 unspecified atom stereocenters. The average molecular weight is 176 g/mol. The largest absolute Gasteiger partial charge is 0.394 e. The molecule has 0 aromatic heterocycles. The molecule has 0 rings (SSSR count). The number of hydrogen-bond acceptors (Lipinski definition) is 3. The van der Waals surface area contributed by atoms with E-state index < -0.39 is 0 Å². The van der Waals surface area contributed by atoms with E-state index in [1.807, 2.05) is 0 Å². The van der Waals surface area contributed by atoms with Crippen molar-refractivity contribution in [2.75, 3.05) is 26.4 Å². The van der Waals surface area contributed by atoms with Crippen molar-refractivity contribution >= 4 is 0 Å². The lowest BCUT2D eigenvalue weighted by atomic mass is 10.1. The summed E-state index contributed by atoms with van der Waals surface area (Å²) in [7, 11) is 0. The maximum atomic E-state index is 8.40. The van der Waals surface area contributed by atoms with Crippen molar-refractivity contribution in [3.8, 4) is 0 Å². The number of rotatable bonds is 7. The average Bonchev–Trinajstić information content (AvgIpc) is 2.03. The predicted molar refractivity (Wildman–Crippen MR) is 48.2 cm³/mol. The Hall–Kier alpha value is -0.120. The van der Waals surface area contributed by atoms with Gasteiger partial charge in [-0.3, -0.25) is 0 Å². The minimum absolute atomic E-state index is 0.0831. The van der Waals surface area contributed by atoms with Gasteiger partial charge in [0.2, 0.25) is 0 Å². The second kappa shape index (κ2) is 7.53. The van der Waals surface area contributed by atoms with Crippen LogP contribution in [0.3, 0.4) is 0 Å². The standard InChI is InChI=1S/C9H20O3/c1-8(2)9(3)12-7-6-11-5-4-10/h8-10H,4-7H2,1-3H3. The zero-order chi connectivity index (χ0) is 9.40. The molecule has 0 saturated carbocycles. The highest BCUT2D eigenvalue weighted by molar-refractivity contribution is 4.53. The molecule has 0 spiro atoms. The normalized spacial score (nSPS) is 13.8. The molecule has 1 N–H and O–H groups in total. The molecule has 0 heterocycles. The Morgan fingerprint density at radius 3 is 2.25 bits per heavy atom. The SMILES string of the molecule is CC(C)C(C)OCCOCCO. The van der Waals surface area contributed by atoms with Crippen molar-refractivity contribution in [2.24, 2.45) is 5.92 Å². The maximum Gasteiger partial charge on any atom is 0.0704 e. The third kappa shape index (κ3) is 6.58. The van der Waals surface area contributed by atoms with Crippen LogP contribution < -0.4 is 0 Å². The van der Waals surface area contributed by atoms with Crippen LogP contribution in [0.2, 0.25) is 0 Å². The molecule has 1 atom stereocenters. The highest BCUT2D eigenvalue weighted by Gasteiger charge is 2.05. The Balaban J connectivity index is 3.08. The van der Waals surface area contributed by atoms with Gasteiger partial charge in [-0.1, -0.05) is 13.8 Å². The Labute approximate surface area is 74.7 Å². The van der Waals surface area contributed by atoms with E-state index >= 15 is 0 Å². The fourth-order valence-corrected chi connectivity index (χ4v) is 0.652. The van der Waals surface area contributed by atoms with E-state index in [1.165, 1.54) is 0 Å². The van der Waals surface area contributed by atoms with Gasteiger partial charge in [0.1, 0.15) is 0 Å². The lowest BCUT2D eigenvalue weighted by molar-refractivity contribution is -0.0117. The molecule has 12 heavy (non-hydrogen) atoms. The van der Waals surface area contributed by atoms with Crippen molar-refractivity contribution in [1.29, 1.82) is 0 Å². The fourth-order valence-electron chi connectivity index (χ4n) is 0.652. The van der Waals surface area contributed by atoms with Gasteiger partial charge in [-0.05, 0) is 12.8 Å². The van der Waals surface area contributed by atoms with E-state index in [0.717, 1.165) is 0 Å². The smallest absolute Gasteiger partial charge is 0.0704 e. The number of aliphatic hydroxyl groups is 1. The Bertz CT molecular complexity index is 93.8. The summed E-state index contributed by atoms with van der Waals surface area (Å²) in [6.45, 7) is 7.96. The third-order valence-electron chi connectivity index (χ3n) is 1.78. The first-order valence-electron chi connectivity index (χ1n) is 4.48. The van der Waals surface area contributed by atoms with Gasteiger partial charge in [-0.2, -0.15) is 0 Å². The maximum absolute atomic E-state index is 8.40. The molecule has 3 nitrogen and oxygen atoms in total. The molecule has 74 valence electrons. The van der Waals surface area contributed by atoms with Crippen molar-refractivity contribution in [3.63, 3.8) is 0 Å². The quantitative estimate of drug-likeness (QED) is 0.589. The van der Waals surface area contributed by atoms with E-state index in [-0.39, 0.29) is 12.7 Å². The Kier molecular flexibility index (Phi) is 7.45. The van der Waals surface area contributed by atoms with Crippen LogP contribution in [0, 0.1) is 5.92 Å². The second-order valence-corrected chi connectivity index (χ2v) is 3.16. The summed E-state index contributed by atoms with van der Waals surface area (Å²) in [6, 6.07) is 0. The summed E-state index contributed by atoms with van der Waals surface area (Å²) in [5.74, 6) is 0.544. The molecule has 0 aromatic carbocycles. The molecule has 0 aliphatic heterocycles.